The second-order valence-electron chi connectivity index (χ2n) is 2.98. The maximum Gasteiger partial charge on any atom is 1.00 e. The van der Waals surface area contributed by atoms with Gasteiger partial charge in [-0.25, -0.2) is 0 Å². The van der Waals surface area contributed by atoms with Gasteiger partial charge in [-0.2, -0.15) is 0 Å². The Hall–Kier alpha value is -0.133. The van der Waals surface area contributed by atoms with Crippen molar-refractivity contribution in [2.75, 3.05) is 0 Å². The third-order valence-electron chi connectivity index (χ3n) is 1.39. The van der Waals surface area contributed by atoms with Crippen molar-refractivity contribution in [3.8, 4) is 0 Å². The largest absolute Gasteiger partial charge is 1.00 e. The molecule has 3 nitrogen and oxygen atoms in total. The molecule has 0 heterocycles. The van der Waals surface area contributed by atoms with Crippen molar-refractivity contribution < 1.29 is 18.9 Å². The maximum absolute atomic E-state index is 7.22. The fourth-order valence-electron chi connectivity index (χ4n) is 1.15. The molecule has 4 heteroatoms. The van der Waals surface area contributed by atoms with Gasteiger partial charge in [0, 0.05) is 12.1 Å². The molecule has 3 N–H and O–H groups in total. The molecular weight excluding hydrogens is 133 g/mol. The average molecular weight is 150 g/mol. The molecule has 0 unspecified atom stereocenters. The van der Waals surface area contributed by atoms with Crippen LogP contribution in [0, 0.1) is 5.41 Å². The van der Waals surface area contributed by atoms with Crippen LogP contribution in [0.5, 0.6) is 0 Å². The van der Waals surface area contributed by atoms with Crippen LogP contribution in [0.2, 0.25) is 0 Å². The number of nitrogens with zero attached hydrogens (tertiary/aromatic N) is 1. The van der Waals surface area contributed by atoms with Gasteiger partial charge in [-0.3, -0.25) is 5.41 Å². The molecule has 0 saturated carbocycles. The fraction of sp³-hybridized carbons (Fsp3) is 0.857. The summed E-state index contributed by atoms with van der Waals surface area (Å²) < 4.78 is 0. The van der Waals surface area contributed by atoms with Gasteiger partial charge in [0.15, 0.2) is 5.96 Å². The second-order valence-corrected chi connectivity index (χ2v) is 2.98. The first-order valence-corrected chi connectivity index (χ1v) is 3.59. The molecule has 60 valence electrons. The van der Waals surface area contributed by atoms with E-state index in [0.29, 0.717) is 12.1 Å². The molecule has 0 aromatic rings. The molecule has 11 heavy (non-hydrogen) atoms. The molecule has 0 amide bonds. The van der Waals surface area contributed by atoms with Gasteiger partial charge in [0.25, 0.3) is 0 Å². The first kappa shape index (κ1) is 13.5. The Labute approximate surface area is 81.0 Å². The van der Waals surface area contributed by atoms with E-state index in [1.165, 1.54) is 0 Å². The molecule has 0 aromatic heterocycles. The molecule has 0 aromatic carbocycles. The molecule has 0 aliphatic rings. The zero-order valence-corrected chi connectivity index (χ0v) is 8.18. The molecule has 0 saturated heterocycles. The number of guanidine groups is 1. The minimum atomic E-state index is 0. The van der Waals surface area contributed by atoms with Gasteiger partial charge < -0.3 is 10.6 Å². The third-order valence-corrected chi connectivity index (χ3v) is 1.39. The average Bonchev–Trinajstić information content (AvgIpc) is 1.59. The first-order chi connectivity index (χ1) is 4.46. The molecule has 0 bridgehead atoms. The van der Waals surface area contributed by atoms with Gasteiger partial charge in [-0.05, 0) is 27.7 Å². The van der Waals surface area contributed by atoms with Crippen LogP contribution in [-0.2, 0) is 0 Å². The summed E-state index contributed by atoms with van der Waals surface area (Å²) in [6, 6.07) is 0.634. The van der Waals surface area contributed by atoms with E-state index in [-0.39, 0.29) is 24.8 Å². The Bertz CT molecular complexity index is 115. The maximum atomic E-state index is 7.22. The monoisotopic (exact) mass is 150 g/mol. The van der Waals surface area contributed by atoms with Crippen LogP contribution in [-0.4, -0.2) is 22.9 Å². The van der Waals surface area contributed by atoms with E-state index < -0.39 is 0 Å². The quantitative estimate of drug-likeness (QED) is 0.272. The van der Waals surface area contributed by atoms with Gasteiger partial charge in [0.2, 0.25) is 0 Å². The van der Waals surface area contributed by atoms with E-state index in [0.717, 1.165) is 0 Å². The summed E-state index contributed by atoms with van der Waals surface area (Å²) in [5.41, 5.74) is 5.35. The van der Waals surface area contributed by atoms with Crippen LogP contribution in [0.15, 0.2) is 0 Å². The normalized spacial score (nSPS) is 9.64. The summed E-state index contributed by atoms with van der Waals surface area (Å²) in [7, 11) is 0. The summed E-state index contributed by atoms with van der Waals surface area (Å²) in [5, 5.41) is 7.22. The summed E-state index contributed by atoms with van der Waals surface area (Å²) >= 11 is 0. The summed E-state index contributed by atoms with van der Waals surface area (Å²) in [6.45, 7) is 8.12. The van der Waals surface area contributed by atoms with Crippen LogP contribution < -0.4 is 24.6 Å². The van der Waals surface area contributed by atoms with Crippen LogP contribution in [0.3, 0.4) is 0 Å². The van der Waals surface area contributed by atoms with E-state index in [9.17, 15) is 0 Å². The first-order valence-electron chi connectivity index (χ1n) is 3.59. The summed E-state index contributed by atoms with van der Waals surface area (Å²) in [5.74, 6) is 0.157. The van der Waals surface area contributed by atoms with Crippen molar-refractivity contribution >= 4 is 5.96 Å². The Morgan fingerprint density at radius 1 is 1.18 bits per heavy atom. The fourth-order valence-corrected chi connectivity index (χ4v) is 1.15. The number of rotatable bonds is 2. The van der Waals surface area contributed by atoms with Crippen LogP contribution in [0.1, 0.15) is 27.7 Å². The van der Waals surface area contributed by atoms with Crippen molar-refractivity contribution in [3.05, 3.63) is 0 Å². The Morgan fingerprint density at radius 2 is 1.45 bits per heavy atom. The predicted octanol–water partition coefficient (Wildman–Crippen LogP) is -2.00. The van der Waals surface area contributed by atoms with Crippen LogP contribution in [0.4, 0.5) is 0 Å². The van der Waals surface area contributed by atoms with Crippen LogP contribution in [0.25, 0.3) is 0 Å². The van der Waals surface area contributed by atoms with E-state index in [1.807, 2.05) is 32.6 Å². The van der Waals surface area contributed by atoms with Gasteiger partial charge >= 0.3 is 18.9 Å². The topological polar surface area (TPSA) is 53.1 Å². The number of hydrogen-bond donors (Lipinski definition) is 2. The zero-order chi connectivity index (χ0) is 8.31. The zero-order valence-electron chi connectivity index (χ0n) is 8.18. The molecule has 0 spiro atoms. The second kappa shape index (κ2) is 5.51. The van der Waals surface area contributed by atoms with E-state index >= 15 is 0 Å². The summed E-state index contributed by atoms with van der Waals surface area (Å²) in [6.07, 6.45) is 0. The van der Waals surface area contributed by atoms with E-state index in [2.05, 4.69) is 0 Å². The third kappa shape index (κ3) is 4.34. The minimum Gasteiger partial charge on any atom is -0.370 e. The number of nitrogens with one attached hydrogen (secondary N) is 1. The van der Waals surface area contributed by atoms with Crippen molar-refractivity contribution in [1.82, 2.24) is 4.90 Å². The minimum absolute atomic E-state index is 0. The van der Waals surface area contributed by atoms with Crippen molar-refractivity contribution in [2.24, 2.45) is 5.73 Å². The van der Waals surface area contributed by atoms with Gasteiger partial charge in [-0.1, -0.05) is 0 Å². The number of hydrogen-bond acceptors (Lipinski definition) is 1. The molecule has 0 fully saturated rings. The Morgan fingerprint density at radius 3 is 1.45 bits per heavy atom. The van der Waals surface area contributed by atoms with E-state index in [4.69, 9.17) is 11.1 Å². The molecular formula is C7H17LiN3+. The van der Waals surface area contributed by atoms with Gasteiger partial charge in [-0.15, -0.1) is 0 Å². The van der Waals surface area contributed by atoms with Crippen molar-refractivity contribution in [1.29, 1.82) is 5.41 Å². The van der Waals surface area contributed by atoms with Crippen molar-refractivity contribution in [2.45, 2.75) is 39.8 Å². The van der Waals surface area contributed by atoms with E-state index in [1.54, 1.807) is 0 Å². The molecule has 0 radical (unpaired) electrons. The molecule has 0 rings (SSSR count). The van der Waals surface area contributed by atoms with Crippen LogP contribution >= 0.6 is 0 Å². The van der Waals surface area contributed by atoms with Gasteiger partial charge in [0.1, 0.15) is 0 Å². The molecule has 0 aliphatic carbocycles. The molecule has 0 aliphatic heterocycles. The summed E-state index contributed by atoms with van der Waals surface area (Å²) in [4.78, 5) is 1.86. The standard InChI is InChI=1S/C7H17N3.Li/c1-5(2)10(6(3)4)7(8)9;/h5-6H,1-4H3,(H3,8,9);/q;+1. The Kier molecular flexibility index (Phi) is 6.74. The Balaban J connectivity index is 0. The molecule has 0 atom stereocenters. The number of nitrogens with two attached hydrogens (primary N) is 1. The SMILES string of the molecule is CC(C)N(C(=N)N)C(C)C.[Li+]. The smallest absolute Gasteiger partial charge is 0.370 e. The van der Waals surface area contributed by atoms with Gasteiger partial charge in [0.05, 0.1) is 0 Å². The van der Waals surface area contributed by atoms with Crippen molar-refractivity contribution in [3.63, 3.8) is 0 Å². The predicted molar refractivity (Wildman–Crippen MR) is 44.0 cm³/mol.